The van der Waals surface area contributed by atoms with E-state index in [9.17, 15) is 23.1 Å². The van der Waals surface area contributed by atoms with Gasteiger partial charge in [-0.25, -0.2) is 0 Å². The quantitative estimate of drug-likeness (QED) is 0.707. The van der Waals surface area contributed by atoms with Crippen LogP contribution in [0.3, 0.4) is 0 Å². The SMILES string of the molecule is CC(C)C(NC(=O)C1CCCN1)C(O)C(F)(F)F. The van der Waals surface area contributed by atoms with Crippen molar-refractivity contribution in [1.29, 1.82) is 0 Å². The molecular weight excluding hydrogens is 249 g/mol. The van der Waals surface area contributed by atoms with Gasteiger partial charge in [-0.3, -0.25) is 4.79 Å². The molecule has 0 aromatic heterocycles. The van der Waals surface area contributed by atoms with Gasteiger partial charge in [0.2, 0.25) is 5.91 Å². The van der Waals surface area contributed by atoms with Crippen LogP contribution in [0, 0.1) is 5.92 Å². The minimum absolute atomic E-state index is 0.452. The van der Waals surface area contributed by atoms with Crippen LogP contribution >= 0.6 is 0 Å². The lowest BCUT2D eigenvalue weighted by Crippen LogP contribution is -2.55. The fourth-order valence-corrected chi connectivity index (χ4v) is 1.99. The van der Waals surface area contributed by atoms with Crippen LogP contribution in [0.4, 0.5) is 13.2 Å². The molecule has 0 aliphatic carbocycles. The number of carbonyl (C=O) groups is 1. The average Bonchev–Trinajstić information content (AvgIpc) is 2.76. The highest BCUT2D eigenvalue weighted by Gasteiger charge is 2.45. The monoisotopic (exact) mass is 268 g/mol. The number of alkyl halides is 3. The molecule has 0 aromatic carbocycles. The van der Waals surface area contributed by atoms with E-state index in [-0.39, 0.29) is 0 Å². The summed E-state index contributed by atoms with van der Waals surface area (Å²) in [6.07, 6.45) is -5.83. The Bertz CT molecular complexity index is 289. The van der Waals surface area contributed by atoms with E-state index in [1.54, 1.807) is 0 Å². The molecular formula is C11H19F3N2O2. The largest absolute Gasteiger partial charge is 0.416 e. The molecule has 1 fully saturated rings. The zero-order chi connectivity index (χ0) is 13.9. The number of rotatable bonds is 4. The maximum absolute atomic E-state index is 12.5. The lowest BCUT2D eigenvalue weighted by atomic mass is 9.97. The number of carbonyl (C=O) groups excluding carboxylic acids is 1. The van der Waals surface area contributed by atoms with Gasteiger partial charge in [0, 0.05) is 0 Å². The van der Waals surface area contributed by atoms with E-state index >= 15 is 0 Å². The van der Waals surface area contributed by atoms with Crippen LogP contribution in [0.1, 0.15) is 26.7 Å². The Labute approximate surface area is 104 Å². The second-order valence-electron chi connectivity index (χ2n) is 4.91. The predicted molar refractivity (Wildman–Crippen MR) is 59.9 cm³/mol. The van der Waals surface area contributed by atoms with E-state index in [2.05, 4.69) is 10.6 Å². The summed E-state index contributed by atoms with van der Waals surface area (Å²) in [7, 11) is 0. The Morgan fingerprint density at radius 1 is 1.44 bits per heavy atom. The number of hydrogen-bond donors (Lipinski definition) is 3. The van der Waals surface area contributed by atoms with E-state index in [0.29, 0.717) is 13.0 Å². The molecule has 0 bridgehead atoms. The fraction of sp³-hybridized carbons (Fsp3) is 0.909. The molecule has 18 heavy (non-hydrogen) atoms. The van der Waals surface area contributed by atoms with E-state index in [1.165, 1.54) is 13.8 Å². The van der Waals surface area contributed by atoms with Crippen molar-refractivity contribution in [3.63, 3.8) is 0 Å². The standard InChI is InChI=1S/C11H19F3N2O2/c1-6(2)8(9(17)11(12,13)14)16-10(18)7-4-3-5-15-7/h6-9,15,17H,3-5H2,1-2H3,(H,16,18). The molecule has 106 valence electrons. The Balaban J connectivity index is 2.65. The predicted octanol–water partition coefficient (Wildman–Crippen LogP) is 0.802. The molecule has 0 spiro atoms. The Morgan fingerprint density at radius 2 is 2.06 bits per heavy atom. The van der Waals surface area contributed by atoms with Gasteiger partial charge >= 0.3 is 6.18 Å². The summed E-state index contributed by atoms with van der Waals surface area (Å²) in [5.74, 6) is -0.985. The van der Waals surface area contributed by atoms with Crippen molar-refractivity contribution in [2.24, 2.45) is 5.92 Å². The van der Waals surface area contributed by atoms with Gasteiger partial charge in [0.1, 0.15) is 0 Å². The summed E-state index contributed by atoms with van der Waals surface area (Å²) in [6.45, 7) is 3.75. The molecule has 1 heterocycles. The second kappa shape index (κ2) is 5.88. The van der Waals surface area contributed by atoms with Gasteiger partial charge in [0.15, 0.2) is 6.10 Å². The number of amides is 1. The highest BCUT2D eigenvalue weighted by atomic mass is 19.4. The minimum atomic E-state index is -4.73. The normalized spacial score (nSPS) is 24.1. The molecule has 0 saturated carbocycles. The summed E-state index contributed by atoms with van der Waals surface area (Å²) in [5.41, 5.74) is 0. The Morgan fingerprint density at radius 3 is 2.44 bits per heavy atom. The first-order valence-electron chi connectivity index (χ1n) is 6.02. The lowest BCUT2D eigenvalue weighted by Gasteiger charge is -2.29. The van der Waals surface area contributed by atoms with Crippen molar-refractivity contribution in [3.8, 4) is 0 Å². The van der Waals surface area contributed by atoms with Crippen molar-refractivity contribution in [1.82, 2.24) is 10.6 Å². The molecule has 1 aliphatic heterocycles. The van der Waals surface area contributed by atoms with E-state index in [1.807, 2.05) is 0 Å². The molecule has 7 heteroatoms. The molecule has 3 unspecified atom stereocenters. The van der Waals surface area contributed by atoms with Crippen LogP contribution in [-0.2, 0) is 4.79 Å². The van der Waals surface area contributed by atoms with Crippen LogP contribution in [0.15, 0.2) is 0 Å². The zero-order valence-corrected chi connectivity index (χ0v) is 10.4. The summed E-state index contributed by atoms with van der Waals surface area (Å²) < 4.78 is 37.4. The van der Waals surface area contributed by atoms with Crippen LogP contribution in [0.2, 0.25) is 0 Å². The highest BCUT2D eigenvalue weighted by Crippen LogP contribution is 2.25. The topological polar surface area (TPSA) is 61.4 Å². The van der Waals surface area contributed by atoms with Crippen LogP contribution in [0.25, 0.3) is 0 Å². The Hall–Kier alpha value is -0.820. The maximum atomic E-state index is 12.5. The van der Waals surface area contributed by atoms with Gasteiger partial charge in [-0.2, -0.15) is 13.2 Å². The summed E-state index contributed by atoms with van der Waals surface area (Å²) >= 11 is 0. The number of aliphatic hydroxyl groups excluding tert-OH is 1. The van der Waals surface area contributed by atoms with Crippen molar-refractivity contribution in [3.05, 3.63) is 0 Å². The third kappa shape index (κ3) is 3.84. The third-order valence-electron chi connectivity index (χ3n) is 3.08. The second-order valence-corrected chi connectivity index (χ2v) is 4.91. The molecule has 1 amide bonds. The number of aliphatic hydroxyl groups is 1. The van der Waals surface area contributed by atoms with Gasteiger partial charge in [0.05, 0.1) is 12.1 Å². The van der Waals surface area contributed by atoms with Gasteiger partial charge in [-0.15, -0.1) is 0 Å². The Kier molecular flexibility index (Phi) is 4.98. The van der Waals surface area contributed by atoms with Gasteiger partial charge in [-0.05, 0) is 25.3 Å². The number of nitrogens with one attached hydrogen (secondary N) is 2. The van der Waals surface area contributed by atoms with Gasteiger partial charge in [0.25, 0.3) is 0 Å². The summed E-state index contributed by atoms with van der Waals surface area (Å²) in [4.78, 5) is 11.7. The van der Waals surface area contributed by atoms with E-state index < -0.39 is 36.2 Å². The minimum Gasteiger partial charge on any atom is -0.382 e. The van der Waals surface area contributed by atoms with Crippen LogP contribution in [0.5, 0.6) is 0 Å². The van der Waals surface area contributed by atoms with Gasteiger partial charge < -0.3 is 15.7 Å². The van der Waals surface area contributed by atoms with E-state index in [4.69, 9.17) is 0 Å². The van der Waals surface area contributed by atoms with Crippen LogP contribution in [-0.4, -0.2) is 41.9 Å². The first-order valence-corrected chi connectivity index (χ1v) is 6.02. The first kappa shape index (κ1) is 15.2. The van der Waals surface area contributed by atoms with Crippen molar-refractivity contribution in [2.75, 3.05) is 6.54 Å². The fourth-order valence-electron chi connectivity index (χ4n) is 1.99. The number of halogens is 3. The number of hydrogen-bond acceptors (Lipinski definition) is 3. The van der Waals surface area contributed by atoms with Crippen molar-refractivity contribution >= 4 is 5.91 Å². The molecule has 1 saturated heterocycles. The molecule has 3 N–H and O–H groups in total. The summed E-state index contributed by atoms with van der Waals surface area (Å²) in [5, 5.41) is 14.4. The molecule has 3 atom stereocenters. The first-order chi connectivity index (χ1) is 8.23. The molecule has 0 radical (unpaired) electrons. The molecule has 1 rings (SSSR count). The zero-order valence-electron chi connectivity index (χ0n) is 10.4. The highest BCUT2D eigenvalue weighted by molar-refractivity contribution is 5.82. The summed E-state index contributed by atoms with van der Waals surface area (Å²) in [6, 6.07) is -1.77. The molecule has 1 aliphatic rings. The van der Waals surface area contributed by atoms with Crippen molar-refractivity contribution < 1.29 is 23.1 Å². The van der Waals surface area contributed by atoms with Crippen LogP contribution < -0.4 is 10.6 Å². The van der Waals surface area contributed by atoms with Crippen molar-refractivity contribution in [2.45, 2.75) is 51.1 Å². The average molecular weight is 268 g/mol. The maximum Gasteiger partial charge on any atom is 0.416 e. The molecule has 4 nitrogen and oxygen atoms in total. The molecule has 0 aromatic rings. The van der Waals surface area contributed by atoms with Gasteiger partial charge in [-0.1, -0.05) is 13.8 Å². The third-order valence-corrected chi connectivity index (χ3v) is 3.08. The lowest BCUT2D eigenvalue weighted by molar-refractivity contribution is -0.215. The van der Waals surface area contributed by atoms with E-state index in [0.717, 1.165) is 6.42 Å². The smallest absolute Gasteiger partial charge is 0.382 e.